The smallest absolute Gasteiger partial charge is 0.0438 e. The lowest BCUT2D eigenvalue weighted by Crippen LogP contribution is -2.48. The lowest BCUT2D eigenvalue weighted by Gasteiger charge is -2.57. The molecule has 0 saturated heterocycles. The van der Waals surface area contributed by atoms with Crippen molar-refractivity contribution in [1.29, 1.82) is 0 Å². The van der Waals surface area contributed by atoms with E-state index in [2.05, 4.69) is 12.1 Å². The van der Waals surface area contributed by atoms with Gasteiger partial charge in [0.15, 0.2) is 0 Å². The quantitative estimate of drug-likeness (QED) is 0.848. The molecule has 4 fully saturated rings. The molecule has 2 N–H and O–H groups in total. The molecule has 0 amide bonds. The van der Waals surface area contributed by atoms with Crippen LogP contribution in [0.2, 0.25) is 5.02 Å². The SMILES string of the molecule is NC(Cc1ccccc1Cl)CC12CC3CC(CC(C3)C1)C2. The second-order valence-corrected chi connectivity index (χ2v) is 8.58. The Bertz CT molecular complexity index is 489. The van der Waals surface area contributed by atoms with Gasteiger partial charge in [-0.2, -0.15) is 0 Å². The third-order valence-corrected chi connectivity index (χ3v) is 6.67. The molecule has 4 aliphatic carbocycles. The minimum absolute atomic E-state index is 0.265. The summed E-state index contributed by atoms with van der Waals surface area (Å²) in [7, 11) is 0. The predicted molar refractivity (Wildman–Crippen MR) is 88.4 cm³/mol. The Hall–Kier alpha value is -0.530. The monoisotopic (exact) mass is 303 g/mol. The fraction of sp³-hybridized carbons (Fsp3) is 0.684. The Labute approximate surface area is 133 Å². The zero-order valence-corrected chi connectivity index (χ0v) is 13.5. The number of benzene rings is 1. The fourth-order valence-corrected chi connectivity index (χ4v) is 6.33. The highest BCUT2D eigenvalue weighted by Crippen LogP contribution is 2.61. The number of hydrogen-bond acceptors (Lipinski definition) is 1. The highest BCUT2D eigenvalue weighted by atomic mass is 35.5. The zero-order valence-electron chi connectivity index (χ0n) is 12.7. The fourth-order valence-electron chi connectivity index (χ4n) is 6.11. The van der Waals surface area contributed by atoms with Crippen LogP contribution in [0.5, 0.6) is 0 Å². The Kier molecular flexibility index (Phi) is 3.54. The number of hydrogen-bond donors (Lipinski definition) is 1. The maximum absolute atomic E-state index is 6.54. The van der Waals surface area contributed by atoms with Crippen LogP contribution in [-0.4, -0.2) is 6.04 Å². The summed E-state index contributed by atoms with van der Waals surface area (Å²) in [5, 5.41) is 0.874. The molecule has 4 aliphatic rings. The summed E-state index contributed by atoms with van der Waals surface area (Å²) in [5.74, 6) is 3.05. The zero-order chi connectivity index (χ0) is 14.4. The van der Waals surface area contributed by atoms with Crippen molar-refractivity contribution in [3.8, 4) is 0 Å². The van der Waals surface area contributed by atoms with Crippen LogP contribution < -0.4 is 5.73 Å². The molecule has 2 heteroatoms. The standard InChI is InChI=1S/C19H26ClN/c20-18-4-2-1-3-16(18)8-17(21)12-19-9-13-5-14(10-19)7-15(6-13)11-19/h1-4,13-15,17H,5-12,21H2. The molecule has 4 saturated carbocycles. The third-order valence-electron chi connectivity index (χ3n) is 6.30. The Morgan fingerprint density at radius 2 is 1.62 bits per heavy atom. The molecule has 0 heterocycles. The Balaban J connectivity index is 1.45. The summed E-state index contributed by atoms with van der Waals surface area (Å²) < 4.78 is 0. The lowest BCUT2D eigenvalue weighted by atomic mass is 9.48. The van der Waals surface area contributed by atoms with E-state index in [1.54, 1.807) is 0 Å². The average Bonchev–Trinajstić information content (AvgIpc) is 2.39. The highest BCUT2D eigenvalue weighted by molar-refractivity contribution is 6.31. The molecular weight excluding hydrogens is 278 g/mol. The molecule has 114 valence electrons. The maximum Gasteiger partial charge on any atom is 0.0438 e. The van der Waals surface area contributed by atoms with Crippen LogP contribution in [0.1, 0.15) is 50.5 Å². The van der Waals surface area contributed by atoms with E-state index in [0.29, 0.717) is 5.41 Å². The van der Waals surface area contributed by atoms with Crippen LogP contribution in [0.4, 0.5) is 0 Å². The lowest BCUT2D eigenvalue weighted by molar-refractivity contribution is -0.0602. The van der Waals surface area contributed by atoms with Gasteiger partial charge in [-0.05, 0) is 86.2 Å². The molecule has 1 atom stereocenters. The van der Waals surface area contributed by atoms with E-state index in [0.717, 1.165) is 29.2 Å². The summed E-state index contributed by atoms with van der Waals surface area (Å²) in [6.45, 7) is 0. The predicted octanol–water partition coefficient (Wildman–Crippen LogP) is 4.82. The molecule has 0 radical (unpaired) electrons. The van der Waals surface area contributed by atoms with Crippen LogP contribution >= 0.6 is 11.6 Å². The van der Waals surface area contributed by atoms with Crippen molar-refractivity contribution in [3.63, 3.8) is 0 Å². The Morgan fingerprint density at radius 1 is 1.05 bits per heavy atom. The van der Waals surface area contributed by atoms with Crippen molar-refractivity contribution in [3.05, 3.63) is 34.9 Å². The van der Waals surface area contributed by atoms with Crippen LogP contribution in [0.25, 0.3) is 0 Å². The van der Waals surface area contributed by atoms with Gasteiger partial charge >= 0.3 is 0 Å². The molecule has 1 aromatic carbocycles. The van der Waals surface area contributed by atoms with Gasteiger partial charge in [-0.25, -0.2) is 0 Å². The van der Waals surface area contributed by atoms with Crippen LogP contribution in [0, 0.1) is 23.2 Å². The highest BCUT2D eigenvalue weighted by Gasteiger charge is 2.50. The van der Waals surface area contributed by atoms with E-state index in [-0.39, 0.29) is 6.04 Å². The number of rotatable bonds is 4. The van der Waals surface area contributed by atoms with Crippen molar-refractivity contribution in [2.24, 2.45) is 28.9 Å². The van der Waals surface area contributed by atoms with E-state index in [4.69, 9.17) is 17.3 Å². The van der Waals surface area contributed by atoms with Gasteiger partial charge in [0.25, 0.3) is 0 Å². The summed E-state index contributed by atoms with van der Waals surface area (Å²) in [4.78, 5) is 0. The van der Waals surface area contributed by atoms with Crippen molar-refractivity contribution in [2.75, 3.05) is 0 Å². The summed E-state index contributed by atoms with van der Waals surface area (Å²) in [6.07, 6.45) is 11.0. The van der Waals surface area contributed by atoms with Gasteiger partial charge in [0.05, 0.1) is 0 Å². The molecule has 4 bridgehead atoms. The van der Waals surface area contributed by atoms with Crippen molar-refractivity contribution >= 4 is 11.6 Å². The topological polar surface area (TPSA) is 26.0 Å². The van der Waals surface area contributed by atoms with Crippen molar-refractivity contribution < 1.29 is 0 Å². The Morgan fingerprint density at radius 3 is 2.19 bits per heavy atom. The minimum atomic E-state index is 0.265. The van der Waals surface area contributed by atoms with Crippen LogP contribution in [0.3, 0.4) is 0 Å². The number of halogens is 1. The van der Waals surface area contributed by atoms with Crippen molar-refractivity contribution in [1.82, 2.24) is 0 Å². The van der Waals surface area contributed by atoms with Gasteiger partial charge < -0.3 is 5.73 Å². The van der Waals surface area contributed by atoms with E-state index in [1.807, 2.05) is 12.1 Å². The van der Waals surface area contributed by atoms with E-state index < -0.39 is 0 Å². The first-order valence-corrected chi connectivity index (χ1v) is 8.99. The van der Waals surface area contributed by atoms with E-state index in [9.17, 15) is 0 Å². The molecule has 5 rings (SSSR count). The number of nitrogens with two attached hydrogens (primary N) is 1. The summed E-state index contributed by atoms with van der Waals surface area (Å²) in [6, 6.07) is 8.44. The molecule has 0 aliphatic heterocycles. The van der Waals surface area contributed by atoms with Gasteiger partial charge in [0.2, 0.25) is 0 Å². The second-order valence-electron chi connectivity index (χ2n) is 8.18. The molecule has 1 unspecified atom stereocenters. The largest absolute Gasteiger partial charge is 0.327 e. The molecule has 1 aromatic rings. The van der Waals surface area contributed by atoms with Crippen LogP contribution in [0.15, 0.2) is 24.3 Å². The maximum atomic E-state index is 6.54. The van der Waals surface area contributed by atoms with Crippen LogP contribution in [-0.2, 0) is 6.42 Å². The van der Waals surface area contributed by atoms with Gasteiger partial charge in [-0.1, -0.05) is 29.8 Å². The first-order valence-electron chi connectivity index (χ1n) is 8.61. The first-order chi connectivity index (χ1) is 10.1. The average molecular weight is 304 g/mol. The first kappa shape index (κ1) is 14.1. The van der Waals surface area contributed by atoms with Gasteiger partial charge in [-0.15, -0.1) is 0 Å². The minimum Gasteiger partial charge on any atom is -0.327 e. The molecule has 0 spiro atoms. The molecular formula is C19H26ClN. The molecule has 1 nitrogen and oxygen atoms in total. The second kappa shape index (κ2) is 5.28. The molecule has 0 aromatic heterocycles. The van der Waals surface area contributed by atoms with Gasteiger partial charge in [0, 0.05) is 11.1 Å². The van der Waals surface area contributed by atoms with E-state index >= 15 is 0 Å². The summed E-state index contributed by atoms with van der Waals surface area (Å²) >= 11 is 6.29. The van der Waals surface area contributed by atoms with Gasteiger partial charge in [-0.3, -0.25) is 0 Å². The summed E-state index contributed by atoms with van der Waals surface area (Å²) in [5.41, 5.74) is 8.34. The van der Waals surface area contributed by atoms with Gasteiger partial charge in [0.1, 0.15) is 0 Å². The normalized spacial score (nSPS) is 38.7. The van der Waals surface area contributed by atoms with E-state index in [1.165, 1.54) is 50.5 Å². The molecule has 21 heavy (non-hydrogen) atoms. The van der Waals surface area contributed by atoms with Crippen molar-refractivity contribution in [2.45, 2.75) is 57.4 Å². The third kappa shape index (κ3) is 2.75.